The molecule has 0 unspecified atom stereocenters. The first-order valence-corrected chi connectivity index (χ1v) is 7.88. The lowest BCUT2D eigenvalue weighted by molar-refractivity contribution is -0.267. The van der Waals surface area contributed by atoms with E-state index in [1.807, 2.05) is 6.07 Å². The summed E-state index contributed by atoms with van der Waals surface area (Å²) in [6, 6.07) is 3.64. The van der Waals surface area contributed by atoms with Crippen molar-refractivity contribution < 1.29 is 24.8 Å². The summed E-state index contributed by atoms with van der Waals surface area (Å²) in [4.78, 5) is 3.01. The summed E-state index contributed by atoms with van der Waals surface area (Å²) in [5.74, 6) is 0.390. The summed E-state index contributed by atoms with van der Waals surface area (Å²) in [6.07, 6.45) is -4.07. The van der Waals surface area contributed by atoms with E-state index in [1.165, 1.54) is 0 Å². The number of H-pyrrole nitrogens is 1. The van der Waals surface area contributed by atoms with E-state index < -0.39 is 30.7 Å². The molecular formula is C14H15BrClNO5. The van der Waals surface area contributed by atoms with Gasteiger partial charge in [-0.3, -0.25) is 0 Å². The first kappa shape index (κ1) is 16.0. The van der Waals surface area contributed by atoms with Gasteiger partial charge in [0.25, 0.3) is 0 Å². The number of rotatable bonds is 2. The second-order valence-electron chi connectivity index (χ2n) is 5.24. The summed E-state index contributed by atoms with van der Waals surface area (Å²) >= 11 is 9.61. The zero-order chi connectivity index (χ0) is 16.0. The highest BCUT2D eigenvalue weighted by atomic mass is 79.9. The molecule has 8 heteroatoms. The zero-order valence-electron chi connectivity index (χ0n) is 11.5. The number of hydrogen-bond donors (Lipinski definition) is 4. The molecule has 1 aromatic carbocycles. The number of nitrogens with one attached hydrogen (secondary N) is 1. The third-order valence-electron chi connectivity index (χ3n) is 3.75. The van der Waals surface area contributed by atoms with Crippen LogP contribution in [0.5, 0.6) is 5.75 Å². The van der Waals surface area contributed by atoms with Crippen LogP contribution >= 0.6 is 27.5 Å². The van der Waals surface area contributed by atoms with Crippen molar-refractivity contribution in [3.63, 3.8) is 0 Å². The Kier molecular flexibility index (Phi) is 4.37. The van der Waals surface area contributed by atoms with Gasteiger partial charge in [0.05, 0.1) is 22.0 Å². The Morgan fingerprint density at radius 3 is 2.68 bits per heavy atom. The average molecular weight is 393 g/mol. The average Bonchev–Trinajstić information content (AvgIpc) is 2.90. The smallest absolute Gasteiger partial charge is 0.229 e. The van der Waals surface area contributed by atoms with Crippen LogP contribution in [0.15, 0.2) is 22.8 Å². The monoisotopic (exact) mass is 391 g/mol. The summed E-state index contributed by atoms with van der Waals surface area (Å²) in [5.41, 5.74) is 0.766. The number of ether oxygens (including phenoxy) is 2. The van der Waals surface area contributed by atoms with Gasteiger partial charge in [-0.1, -0.05) is 11.6 Å². The van der Waals surface area contributed by atoms with Crippen molar-refractivity contribution >= 4 is 38.4 Å². The third kappa shape index (κ3) is 2.62. The number of benzene rings is 1. The molecule has 120 valence electrons. The van der Waals surface area contributed by atoms with Crippen molar-refractivity contribution in [3.05, 3.63) is 27.8 Å². The van der Waals surface area contributed by atoms with Crippen molar-refractivity contribution in [3.8, 4) is 5.75 Å². The molecule has 1 aliphatic rings. The molecule has 2 heterocycles. The van der Waals surface area contributed by atoms with E-state index in [-0.39, 0.29) is 0 Å². The lowest BCUT2D eigenvalue weighted by Gasteiger charge is -2.38. The van der Waals surface area contributed by atoms with Gasteiger partial charge in [-0.2, -0.15) is 0 Å². The highest BCUT2D eigenvalue weighted by Gasteiger charge is 2.43. The first-order chi connectivity index (χ1) is 10.4. The number of aromatic amines is 1. The minimum absolute atomic E-state index is 0.390. The molecule has 1 fully saturated rings. The van der Waals surface area contributed by atoms with E-state index in [2.05, 4.69) is 20.9 Å². The number of halogens is 2. The molecule has 6 nitrogen and oxygen atoms in total. The second-order valence-corrected chi connectivity index (χ2v) is 6.47. The molecule has 3 rings (SSSR count). The molecule has 2 aromatic rings. The van der Waals surface area contributed by atoms with Gasteiger partial charge in [0.15, 0.2) is 0 Å². The van der Waals surface area contributed by atoms with Crippen LogP contribution in [0.2, 0.25) is 5.02 Å². The maximum atomic E-state index is 10.0. The van der Waals surface area contributed by atoms with Gasteiger partial charge >= 0.3 is 0 Å². The van der Waals surface area contributed by atoms with Crippen LogP contribution < -0.4 is 4.74 Å². The highest BCUT2D eigenvalue weighted by molar-refractivity contribution is 9.10. The Balaban J connectivity index is 1.92. The summed E-state index contributed by atoms with van der Waals surface area (Å²) < 4.78 is 11.8. The number of fused-ring (bicyclic) bond motifs is 1. The van der Waals surface area contributed by atoms with Crippen molar-refractivity contribution in [2.24, 2.45) is 0 Å². The summed E-state index contributed by atoms with van der Waals surface area (Å²) in [5, 5.41) is 30.6. The van der Waals surface area contributed by atoms with Gasteiger partial charge in [0, 0.05) is 10.7 Å². The normalized spacial score (nSPS) is 32.4. The molecule has 22 heavy (non-hydrogen) atoms. The summed E-state index contributed by atoms with van der Waals surface area (Å²) in [6.45, 7) is 1.59. The van der Waals surface area contributed by atoms with E-state index in [0.29, 0.717) is 20.6 Å². The molecule has 1 saturated heterocycles. The largest absolute Gasteiger partial charge is 0.460 e. The molecule has 0 saturated carbocycles. The molecule has 0 bridgehead atoms. The van der Waals surface area contributed by atoms with Crippen molar-refractivity contribution in [1.29, 1.82) is 0 Å². The lowest BCUT2D eigenvalue weighted by Crippen LogP contribution is -2.58. The van der Waals surface area contributed by atoms with Crippen LogP contribution in [0.3, 0.4) is 0 Å². The topological polar surface area (TPSA) is 94.9 Å². The van der Waals surface area contributed by atoms with Crippen molar-refractivity contribution in [2.75, 3.05) is 0 Å². The second kappa shape index (κ2) is 5.99. The lowest BCUT2D eigenvalue weighted by atomic mass is 10.00. The fourth-order valence-electron chi connectivity index (χ4n) is 2.46. The SMILES string of the molecule is C[C@@H]1O[C@@H](Oc2c[nH]c3ccc(Br)c(Cl)c23)[C@@H](O)[C@@H](O)[C@@H]1O. The fraction of sp³-hybridized carbons (Fsp3) is 0.429. The molecule has 0 spiro atoms. The Morgan fingerprint density at radius 2 is 1.95 bits per heavy atom. The van der Waals surface area contributed by atoms with Gasteiger partial charge < -0.3 is 29.8 Å². The Labute approximate surface area is 139 Å². The first-order valence-electron chi connectivity index (χ1n) is 6.71. The summed E-state index contributed by atoms with van der Waals surface area (Å²) in [7, 11) is 0. The van der Waals surface area contributed by atoms with Gasteiger partial charge in [0.1, 0.15) is 24.1 Å². The zero-order valence-corrected chi connectivity index (χ0v) is 13.9. The van der Waals surface area contributed by atoms with Crippen molar-refractivity contribution in [2.45, 2.75) is 37.6 Å². The van der Waals surface area contributed by atoms with Crippen LogP contribution in [0.25, 0.3) is 10.9 Å². The van der Waals surface area contributed by atoms with Crippen LogP contribution in [-0.4, -0.2) is 51.0 Å². The Bertz CT molecular complexity index is 693. The van der Waals surface area contributed by atoms with Crippen LogP contribution in [-0.2, 0) is 4.74 Å². The Morgan fingerprint density at radius 1 is 1.23 bits per heavy atom. The fourth-order valence-corrected chi connectivity index (χ4v) is 3.04. The van der Waals surface area contributed by atoms with E-state index in [4.69, 9.17) is 21.1 Å². The molecule has 1 aliphatic heterocycles. The van der Waals surface area contributed by atoms with E-state index in [9.17, 15) is 15.3 Å². The number of hydrogen-bond acceptors (Lipinski definition) is 5. The molecule has 4 N–H and O–H groups in total. The maximum Gasteiger partial charge on any atom is 0.229 e. The maximum absolute atomic E-state index is 10.0. The third-order valence-corrected chi connectivity index (χ3v) is 5.03. The molecule has 0 amide bonds. The molecule has 0 aliphatic carbocycles. The van der Waals surface area contributed by atoms with Gasteiger partial charge in [-0.15, -0.1) is 0 Å². The van der Waals surface area contributed by atoms with Gasteiger partial charge in [-0.05, 0) is 35.0 Å². The quantitative estimate of drug-likeness (QED) is 0.625. The Hall–Kier alpha value is -0.830. The molecular weight excluding hydrogens is 378 g/mol. The molecule has 0 radical (unpaired) electrons. The van der Waals surface area contributed by atoms with Gasteiger partial charge in [0.2, 0.25) is 6.29 Å². The minimum Gasteiger partial charge on any atom is -0.460 e. The van der Waals surface area contributed by atoms with Crippen LogP contribution in [0.1, 0.15) is 6.92 Å². The number of aliphatic hydroxyl groups is 3. The van der Waals surface area contributed by atoms with E-state index in [1.54, 1.807) is 19.2 Å². The van der Waals surface area contributed by atoms with Crippen molar-refractivity contribution in [1.82, 2.24) is 4.98 Å². The van der Waals surface area contributed by atoms with Gasteiger partial charge in [-0.25, -0.2) is 0 Å². The van der Waals surface area contributed by atoms with Crippen LogP contribution in [0, 0.1) is 0 Å². The number of aromatic nitrogens is 1. The van der Waals surface area contributed by atoms with E-state index in [0.717, 1.165) is 5.52 Å². The minimum atomic E-state index is -1.37. The molecule has 1 aromatic heterocycles. The number of aliphatic hydroxyl groups excluding tert-OH is 3. The predicted octanol–water partition coefficient (Wildman–Crippen LogP) is 1.79. The van der Waals surface area contributed by atoms with E-state index >= 15 is 0 Å². The molecule has 5 atom stereocenters. The highest BCUT2D eigenvalue weighted by Crippen LogP contribution is 2.38. The standard InChI is InChI=1S/C14H15BrClNO5/c1-5-11(18)12(19)13(20)14(21-5)22-8-4-17-7-3-2-6(15)10(16)9(7)8/h2-5,11-14,17-20H,1H3/t5-,11+,12-,13-,14-/m0/s1. The van der Waals surface area contributed by atoms with Crippen LogP contribution in [0.4, 0.5) is 0 Å². The predicted molar refractivity (Wildman–Crippen MR) is 84.0 cm³/mol.